The average molecular weight is 170 g/mol. The third-order valence-corrected chi connectivity index (χ3v) is 2.93. The van der Waals surface area contributed by atoms with Crippen LogP contribution in [0.1, 0.15) is 31.2 Å². The van der Waals surface area contributed by atoms with Crippen molar-refractivity contribution >= 4 is 11.3 Å². The van der Waals surface area contributed by atoms with Gasteiger partial charge in [-0.3, -0.25) is 0 Å². The Morgan fingerprint density at radius 1 is 1.73 bits per heavy atom. The van der Waals surface area contributed by atoms with Gasteiger partial charge >= 0.3 is 0 Å². The van der Waals surface area contributed by atoms with Crippen molar-refractivity contribution in [2.75, 3.05) is 0 Å². The Balaban J connectivity index is 2.62. The molecular formula is C8H14N2S. The Morgan fingerprint density at radius 3 is 2.91 bits per heavy atom. The minimum absolute atomic E-state index is 0.251. The molecule has 11 heavy (non-hydrogen) atoms. The molecule has 0 aliphatic rings. The third kappa shape index (κ3) is 2.01. The monoisotopic (exact) mass is 170 g/mol. The summed E-state index contributed by atoms with van der Waals surface area (Å²) in [6.07, 6.45) is 2.85. The molecule has 1 aromatic heterocycles. The van der Waals surface area contributed by atoms with E-state index in [0.29, 0.717) is 5.92 Å². The Hall–Kier alpha value is -0.410. The zero-order valence-corrected chi connectivity index (χ0v) is 7.77. The highest BCUT2D eigenvalue weighted by Crippen LogP contribution is 2.21. The topological polar surface area (TPSA) is 38.9 Å². The van der Waals surface area contributed by atoms with E-state index in [-0.39, 0.29) is 6.04 Å². The number of thiazole rings is 1. The van der Waals surface area contributed by atoms with Crippen LogP contribution in [0.2, 0.25) is 0 Å². The predicted octanol–water partition coefficient (Wildman–Crippen LogP) is 1.98. The molecule has 0 aromatic carbocycles. The highest BCUT2D eigenvalue weighted by molar-refractivity contribution is 7.09. The predicted molar refractivity (Wildman–Crippen MR) is 48.8 cm³/mol. The molecule has 0 aliphatic carbocycles. The van der Waals surface area contributed by atoms with Gasteiger partial charge in [0.05, 0.1) is 5.01 Å². The molecule has 1 aromatic rings. The Bertz CT molecular complexity index is 196. The zero-order valence-electron chi connectivity index (χ0n) is 6.95. The van der Waals surface area contributed by atoms with Gasteiger partial charge in [-0.2, -0.15) is 0 Å². The zero-order chi connectivity index (χ0) is 8.27. The largest absolute Gasteiger partial charge is 0.327 e. The highest BCUT2D eigenvalue weighted by Gasteiger charge is 2.14. The van der Waals surface area contributed by atoms with E-state index in [1.807, 2.05) is 11.6 Å². The molecule has 0 amide bonds. The standard InChI is InChI=1S/C8H14N2S/c1-3-7(9)6(2)8-10-4-5-11-8/h4-7H,3,9H2,1-2H3. The fourth-order valence-corrected chi connectivity index (χ4v) is 1.77. The summed E-state index contributed by atoms with van der Waals surface area (Å²) >= 11 is 1.68. The van der Waals surface area contributed by atoms with Crippen molar-refractivity contribution in [3.05, 3.63) is 16.6 Å². The summed E-state index contributed by atoms with van der Waals surface area (Å²) in [6.45, 7) is 4.24. The second-order valence-electron chi connectivity index (χ2n) is 2.73. The first-order valence-electron chi connectivity index (χ1n) is 3.90. The van der Waals surface area contributed by atoms with Gasteiger partial charge in [0.1, 0.15) is 0 Å². The van der Waals surface area contributed by atoms with Gasteiger partial charge in [-0.05, 0) is 6.42 Å². The van der Waals surface area contributed by atoms with E-state index in [9.17, 15) is 0 Å². The number of nitrogens with zero attached hydrogens (tertiary/aromatic N) is 1. The van der Waals surface area contributed by atoms with Crippen molar-refractivity contribution in [3.8, 4) is 0 Å². The number of aromatic nitrogens is 1. The smallest absolute Gasteiger partial charge is 0.0968 e. The van der Waals surface area contributed by atoms with E-state index < -0.39 is 0 Å². The van der Waals surface area contributed by atoms with Crippen molar-refractivity contribution in [2.45, 2.75) is 32.2 Å². The Morgan fingerprint density at radius 2 is 2.45 bits per heavy atom. The van der Waals surface area contributed by atoms with E-state index in [1.165, 1.54) is 0 Å². The molecule has 2 atom stereocenters. The summed E-state index contributed by atoms with van der Waals surface area (Å²) in [4.78, 5) is 4.22. The molecule has 0 saturated heterocycles. The lowest BCUT2D eigenvalue weighted by Gasteiger charge is -2.14. The Kier molecular flexibility index (Phi) is 3.02. The summed E-state index contributed by atoms with van der Waals surface area (Å²) in [5.41, 5.74) is 5.87. The molecule has 1 heterocycles. The maximum Gasteiger partial charge on any atom is 0.0968 e. The highest BCUT2D eigenvalue weighted by atomic mass is 32.1. The number of hydrogen-bond donors (Lipinski definition) is 1. The first kappa shape index (κ1) is 8.68. The van der Waals surface area contributed by atoms with Crippen LogP contribution in [0, 0.1) is 0 Å². The first-order valence-corrected chi connectivity index (χ1v) is 4.78. The van der Waals surface area contributed by atoms with Crippen LogP contribution >= 0.6 is 11.3 Å². The van der Waals surface area contributed by atoms with E-state index >= 15 is 0 Å². The molecule has 0 aliphatic heterocycles. The van der Waals surface area contributed by atoms with Crippen LogP contribution in [0.15, 0.2) is 11.6 Å². The van der Waals surface area contributed by atoms with Gasteiger partial charge in [0.2, 0.25) is 0 Å². The summed E-state index contributed by atoms with van der Waals surface area (Å²) in [6, 6.07) is 0.251. The van der Waals surface area contributed by atoms with Crippen molar-refractivity contribution in [1.29, 1.82) is 0 Å². The van der Waals surface area contributed by atoms with Crippen LogP contribution < -0.4 is 5.73 Å². The third-order valence-electron chi connectivity index (χ3n) is 1.95. The van der Waals surface area contributed by atoms with Crippen molar-refractivity contribution in [1.82, 2.24) is 4.98 Å². The van der Waals surface area contributed by atoms with E-state index in [2.05, 4.69) is 18.8 Å². The number of hydrogen-bond acceptors (Lipinski definition) is 3. The van der Waals surface area contributed by atoms with Gasteiger partial charge in [0, 0.05) is 23.5 Å². The van der Waals surface area contributed by atoms with Crippen LogP contribution in [0.3, 0.4) is 0 Å². The van der Waals surface area contributed by atoms with Crippen LogP contribution in [-0.4, -0.2) is 11.0 Å². The van der Waals surface area contributed by atoms with Crippen molar-refractivity contribution < 1.29 is 0 Å². The molecular weight excluding hydrogens is 156 g/mol. The van der Waals surface area contributed by atoms with Gasteiger partial charge in [-0.25, -0.2) is 4.98 Å². The fraction of sp³-hybridized carbons (Fsp3) is 0.625. The molecule has 0 spiro atoms. The lowest BCUT2D eigenvalue weighted by Crippen LogP contribution is -2.25. The van der Waals surface area contributed by atoms with E-state index in [0.717, 1.165) is 11.4 Å². The fourth-order valence-electron chi connectivity index (χ4n) is 0.996. The molecule has 0 saturated carbocycles. The Labute approximate surface area is 71.5 Å². The summed E-state index contributed by atoms with van der Waals surface area (Å²) < 4.78 is 0. The van der Waals surface area contributed by atoms with Gasteiger partial charge in [-0.15, -0.1) is 11.3 Å². The lowest BCUT2D eigenvalue weighted by molar-refractivity contribution is 0.549. The summed E-state index contributed by atoms with van der Waals surface area (Å²) in [5.74, 6) is 0.403. The molecule has 2 nitrogen and oxygen atoms in total. The summed E-state index contributed by atoms with van der Waals surface area (Å²) in [5, 5.41) is 3.15. The molecule has 0 fully saturated rings. The van der Waals surface area contributed by atoms with Crippen LogP contribution in [-0.2, 0) is 0 Å². The minimum atomic E-state index is 0.251. The first-order chi connectivity index (χ1) is 5.25. The van der Waals surface area contributed by atoms with Crippen LogP contribution in [0.25, 0.3) is 0 Å². The van der Waals surface area contributed by atoms with Crippen LogP contribution in [0.5, 0.6) is 0 Å². The maximum atomic E-state index is 5.87. The molecule has 0 bridgehead atoms. The molecule has 0 radical (unpaired) electrons. The maximum absolute atomic E-state index is 5.87. The van der Waals surface area contributed by atoms with Gasteiger partial charge in [0.25, 0.3) is 0 Å². The van der Waals surface area contributed by atoms with Gasteiger partial charge in [0.15, 0.2) is 0 Å². The number of nitrogens with two attached hydrogens (primary N) is 1. The molecule has 2 unspecified atom stereocenters. The number of rotatable bonds is 3. The SMILES string of the molecule is CCC(N)C(C)c1nccs1. The summed E-state index contributed by atoms with van der Waals surface area (Å²) in [7, 11) is 0. The van der Waals surface area contributed by atoms with Crippen molar-refractivity contribution in [2.24, 2.45) is 5.73 Å². The molecule has 3 heteroatoms. The lowest BCUT2D eigenvalue weighted by atomic mass is 10.0. The van der Waals surface area contributed by atoms with E-state index in [4.69, 9.17) is 5.73 Å². The minimum Gasteiger partial charge on any atom is -0.327 e. The molecule has 62 valence electrons. The van der Waals surface area contributed by atoms with Gasteiger partial charge in [-0.1, -0.05) is 13.8 Å². The quantitative estimate of drug-likeness (QED) is 0.753. The van der Waals surface area contributed by atoms with Crippen LogP contribution in [0.4, 0.5) is 0 Å². The molecule has 2 N–H and O–H groups in total. The molecule has 1 rings (SSSR count). The second kappa shape index (κ2) is 3.83. The average Bonchev–Trinajstić information content (AvgIpc) is 2.53. The normalized spacial score (nSPS) is 16.3. The second-order valence-corrected chi connectivity index (χ2v) is 3.66. The van der Waals surface area contributed by atoms with E-state index in [1.54, 1.807) is 11.3 Å². The van der Waals surface area contributed by atoms with Crippen molar-refractivity contribution in [3.63, 3.8) is 0 Å². The van der Waals surface area contributed by atoms with Gasteiger partial charge < -0.3 is 5.73 Å².